The summed E-state index contributed by atoms with van der Waals surface area (Å²) >= 11 is 0. The van der Waals surface area contributed by atoms with Gasteiger partial charge in [0, 0.05) is 46.9 Å². The smallest absolute Gasteiger partial charge is 0.407 e. The van der Waals surface area contributed by atoms with Gasteiger partial charge >= 0.3 is 6.09 Å². The summed E-state index contributed by atoms with van der Waals surface area (Å²) in [5.74, 6) is 1.27. The van der Waals surface area contributed by atoms with Crippen molar-refractivity contribution >= 4 is 41.9 Å². The van der Waals surface area contributed by atoms with E-state index >= 15 is 0 Å². The maximum atomic E-state index is 11.9. The Balaban J connectivity index is 0.00000961. The van der Waals surface area contributed by atoms with E-state index in [0.29, 0.717) is 19.1 Å². The lowest BCUT2D eigenvalue weighted by Gasteiger charge is -2.34. The molecule has 10 heteroatoms. The first kappa shape index (κ1) is 30.7. The van der Waals surface area contributed by atoms with Gasteiger partial charge < -0.3 is 29.9 Å². The fraction of sp³-hybridized carbons (Fsp3) is 0.864. The average molecular weight is 570 g/mol. The number of guanidine groups is 1. The zero-order chi connectivity index (χ0) is 23.4. The number of hydrogen-bond donors (Lipinski definition) is 2. The van der Waals surface area contributed by atoms with E-state index in [-0.39, 0.29) is 42.5 Å². The Labute approximate surface area is 211 Å². The Morgan fingerprint density at radius 2 is 1.78 bits per heavy atom. The topological polar surface area (TPSA) is 95.5 Å². The number of nitrogens with zero attached hydrogens (tertiary/aromatic N) is 3. The minimum atomic E-state index is -0.486. The monoisotopic (exact) mass is 569 g/mol. The summed E-state index contributed by atoms with van der Waals surface area (Å²) in [6, 6.07) is 0. The van der Waals surface area contributed by atoms with Gasteiger partial charge in [-0.3, -0.25) is 4.79 Å². The summed E-state index contributed by atoms with van der Waals surface area (Å²) in [5.41, 5.74) is -0.486. The van der Waals surface area contributed by atoms with Crippen LogP contribution in [0.4, 0.5) is 4.79 Å². The van der Waals surface area contributed by atoms with E-state index in [1.54, 1.807) is 19.0 Å². The van der Waals surface area contributed by atoms with Gasteiger partial charge in [0.2, 0.25) is 5.91 Å². The van der Waals surface area contributed by atoms with Crippen LogP contribution in [0.5, 0.6) is 0 Å². The van der Waals surface area contributed by atoms with Gasteiger partial charge in [-0.25, -0.2) is 9.79 Å². The predicted molar refractivity (Wildman–Crippen MR) is 139 cm³/mol. The minimum Gasteiger partial charge on any atom is -0.444 e. The highest BCUT2D eigenvalue weighted by molar-refractivity contribution is 14.0. The van der Waals surface area contributed by atoms with Crippen molar-refractivity contribution < 1.29 is 19.1 Å². The molecule has 1 heterocycles. The molecule has 0 aromatic heterocycles. The van der Waals surface area contributed by atoms with E-state index in [9.17, 15) is 9.59 Å². The number of piperidine rings is 1. The lowest BCUT2D eigenvalue weighted by Crippen LogP contribution is -2.48. The number of ether oxygens (including phenoxy) is 2. The molecule has 0 bridgehead atoms. The molecule has 1 aliphatic rings. The van der Waals surface area contributed by atoms with Gasteiger partial charge in [0.15, 0.2) is 5.96 Å². The molecule has 0 saturated carbocycles. The maximum Gasteiger partial charge on any atom is 0.407 e. The molecular weight excluding hydrogens is 525 g/mol. The molecule has 2 amide bonds. The molecule has 1 fully saturated rings. The fourth-order valence-electron chi connectivity index (χ4n) is 2.91. The van der Waals surface area contributed by atoms with Crippen LogP contribution in [0.2, 0.25) is 0 Å². The number of hydrogen-bond acceptors (Lipinski definition) is 5. The SMILES string of the molecule is CC(C)CNC(=NCC(=O)N(C)C)N1CCC(OCCCNC(=O)OC(C)(C)C)CC1.I. The molecule has 9 nitrogen and oxygen atoms in total. The highest BCUT2D eigenvalue weighted by atomic mass is 127. The second-order valence-corrected chi connectivity index (χ2v) is 9.54. The van der Waals surface area contributed by atoms with E-state index in [4.69, 9.17) is 9.47 Å². The summed E-state index contributed by atoms with van der Waals surface area (Å²) in [4.78, 5) is 31.9. The highest BCUT2D eigenvalue weighted by Gasteiger charge is 2.22. The lowest BCUT2D eigenvalue weighted by molar-refractivity contribution is -0.127. The van der Waals surface area contributed by atoms with E-state index < -0.39 is 11.7 Å². The largest absolute Gasteiger partial charge is 0.444 e. The first-order valence-electron chi connectivity index (χ1n) is 11.3. The molecule has 2 N–H and O–H groups in total. The Morgan fingerprint density at radius 1 is 1.16 bits per heavy atom. The van der Waals surface area contributed by atoms with Gasteiger partial charge in [-0.05, 0) is 46.0 Å². The summed E-state index contributed by atoms with van der Waals surface area (Å²) in [6.07, 6.45) is 2.36. The second-order valence-electron chi connectivity index (χ2n) is 9.54. The Morgan fingerprint density at radius 3 is 2.31 bits per heavy atom. The molecule has 0 unspecified atom stereocenters. The average Bonchev–Trinajstić information content (AvgIpc) is 2.66. The number of halogens is 1. The zero-order valence-corrected chi connectivity index (χ0v) is 23.2. The zero-order valence-electron chi connectivity index (χ0n) is 20.9. The number of carbonyl (C=O) groups excluding carboxylic acids is 2. The van der Waals surface area contributed by atoms with Crippen molar-refractivity contribution in [1.29, 1.82) is 0 Å². The van der Waals surface area contributed by atoms with Crippen LogP contribution in [-0.2, 0) is 14.3 Å². The number of carbonyl (C=O) groups is 2. The van der Waals surface area contributed by atoms with Gasteiger partial charge in [-0.1, -0.05) is 13.8 Å². The van der Waals surface area contributed by atoms with Crippen molar-refractivity contribution in [3.63, 3.8) is 0 Å². The number of aliphatic imine (C=N–C) groups is 1. The van der Waals surface area contributed by atoms with Crippen LogP contribution in [-0.4, -0.2) is 92.9 Å². The van der Waals surface area contributed by atoms with E-state index in [0.717, 1.165) is 44.9 Å². The molecule has 32 heavy (non-hydrogen) atoms. The summed E-state index contributed by atoms with van der Waals surface area (Å²) in [7, 11) is 3.48. The Bertz CT molecular complexity index is 585. The van der Waals surface area contributed by atoms with E-state index in [2.05, 4.69) is 34.4 Å². The van der Waals surface area contributed by atoms with Gasteiger partial charge in [-0.2, -0.15) is 0 Å². The number of amides is 2. The maximum absolute atomic E-state index is 11.9. The number of rotatable bonds is 9. The standard InChI is InChI=1S/C22H43N5O4.HI/c1-17(2)15-24-20(25-16-19(28)26(6)7)27-12-9-18(10-13-27)30-14-8-11-23-21(29)31-22(3,4)5;/h17-18H,8-16H2,1-7H3,(H,23,29)(H,24,25);1H. The van der Waals surface area contributed by atoms with Crippen LogP contribution in [0.1, 0.15) is 53.9 Å². The van der Waals surface area contributed by atoms with Crippen LogP contribution in [0.15, 0.2) is 4.99 Å². The molecule has 0 aromatic carbocycles. The molecule has 0 aromatic rings. The quantitative estimate of drug-likeness (QED) is 0.192. The molecule has 0 atom stereocenters. The van der Waals surface area contributed by atoms with E-state index in [1.165, 1.54) is 0 Å². The van der Waals surface area contributed by atoms with Crippen LogP contribution >= 0.6 is 24.0 Å². The molecule has 188 valence electrons. The van der Waals surface area contributed by atoms with Crippen LogP contribution < -0.4 is 10.6 Å². The Hall–Kier alpha value is -1.30. The van der Waals surface area contributed by atoms with Crippen molar-refractivity contribution in [1.82, 2.24) is 20.4 Å². The molecule has 1 saturated heterocycles. The van der Waals surface area contributed by atoms with Crippen molar-refractivity contribution in [2.45, 2.75) is 65.6 Å². The second kappa shape index (κ2) is 15.5. The number of alkyl carbamates (subject to hydrolysis) is 1. The highest BCUT2D eigenvalue weighted by Crippen LogP contribution is 2.14. The molecule has 1 aliphatic heterocycles. The van der Waals surface area contributed by atoms with Crippen LogP contribution in [0, 0.1) is 5.92 Å². The predicted octanol–water partition coefficient (Wildman–Crippen LogP) is 2.69. The minimum absolute atomic E-state index is 0. The lowest BCUT2D eigenvalue weighted by atomic mass is 10.1. The van der Waals surface area contributed by atoms with Gasteiger partial charge in [0.05, 0.1) is 6.10 Å². The fourth-order valence-corrected chi connectivity index (χ4v) is 2.91. The van der Waals surface area contributed by atoms with Gasteiger partial charge in [0.25, 0.3) is 0 Å². The molecule has 0 aliphatic carbocycles. The third-order valence-electron chi connectivity index (χ3n) is 4.62. The number of nitrogens with one attached hydrogen (secondary N) is 2. The van der Waals surface area contributed by atoms with Crippen molar-refractivity contribution in [2.24, 2.45) is 10.9 Å². The Kier molecular flexibility index (Phi) is 14.9. The number of likely N-dealkylation sites (tertiary alicyclic amines) is 1. The summed E-state index contributed by atoms with van der Waals surface area (Å²) in [6.45, 7) is 13.6. The van der Waals surface area contributed by atoms with Crippen molar-refractivity contribution in [3.8, 4) is 0 Å². The van der Waals surface area contributed by atoms with Crippen LogP contribution in [0.25, 0.3) is 0 Å². The third kappa shape index (κ3) is 14.0. The van der Waals surface area contributed by atoms with Crippen molar-refractivity contribution in [3.05, 3.63) is 0 Å². The van der Waals surface area contributed by atoms with E-state index in [1.807, 2.05) is 20.8 Å². The summed E-state index contributed by atoms with van der Waals surface area (Å²) in [5, 5.41) is 6.15. The first-order chi connectivity index (χ1) is 14.5. The molecular formula is C22H44IN5O4. The molecule has 0 spiro atoms. The molecule has 1 rings (SSSR count). The third-order valence-corrected chi connectivity index (χ3v) is 4.62. The van der Waals surface area contributed by atoms with Gasteiger partial charge in [0.1, 0.15) is 12.1 Å². The first-order valence-corrected chi connectivity index (χ1v) is 11.3. The summed E-state index contributed by atoms with van der Waals surface area (Å²) < 4.78 is 11.2. The van der Waals surface area contributed by atoms with Gasteiger partial charge in [-0.15, -0.1) is 24.0 Å². The van der Waals surface area contributed by atoms with Crippen LogP contribution in [0.3, 0.4) is 0 Å². The van der Waals surface area contributed by atoms with Crippen molar-refractivity contribution in [2.75, 3.05) is 53.4 Å². The number of likely N-dealkylation sites (N-methyl/N-ethyl adjacent to an activating group) is 1. The molecule has 0 radical (unpaired) electrons. The normalized spacial score (nSPS) is 15.2.